The fourth-order valence-electron chi connectivity index (χ4n) is 5.13. The number of H-pyrrole nitrogens is 1. The molecule has 7 nitrogen and oxygen atoms in total. The number of nitrogens with zero attached hydrogens (tertiary/aromatic N) is 1. The predicted molar refractivity (Wildman–Crippen MR) is 167 cm³/mol. The number of aromatic nitrogens is 2. The number of carboxylic acid groups (broad SMARTS) is 1. The Morgan fingerprint density at radius 3 is 1.88 bits per heavy atom. The smallest absolute Gasteiger partial charge is 0.335 e. The Morgan fingerprint density at radius 2 is 1.32 bits per heavy atom. The maximum atomic E-state index is 12.5. The van der Waals surface area contributed by atoms with E-state index in [1.165, 1.54) is 106 Å². The van der Waals surface area contributed by atoms with Crippen LogP contribution in [0.5, 0.6) is 0 Å². The molecule has 0 aliphatic carbocycles. The molecule has 0 spiro atoms. The highest BCUT2D eigenvalue weighted by molar-refractivity contribution is 5.91. The second-order valence-corrected chi connectivity index (χ2v) is 11.0. The van der Waals surface area contributed by atoms with Crippen molar-refractivity contribution in [1.29, 1.82) is 0 Å². The lowest BCUT2D eigenvalue weighted by atomic mass is 10.0. The van der Waals surface area contributed by atoms with E-state index in [4.69, 9.17) is 0 Å². The average molecular weight is 562 g/mol. The fraction of sp³-hybridized carbons (Fsp3) is 0.500. The number of unbranched alkanes of at least 4 members (excludes halogenated alkanes) is 14. The van der Waals surface area contributed by atoms with Crippen molar-refractivity contribution < 1.29 is 14.7 Å². The van der Waals surface area contributed by atoms with Crippen LogP contribution in [0.4, 0.5) is 5.69 Å². The van der Waals surface area contributed by atoms with Gasteiger partial charge in [0.15, 0.2) is 0 Å². The van der Waals surface area contributed by atoms with Crippen molar-refractivity contribution in [2.75, 3.05) is 5.32 Å². The molecule has 41 heavy (non-hydrogen) atoms. The molecule has 0 atom stereocenters. The normalized spacial score (nSPS) is 11.0. The monoisotopic (exact) mass is 561 g/mol. The summed E-state index contributed by atoms with van der Waals surface area (Å²) >= 11 is 0. The molecular weight excluding hydrogens is 514 g/mol. The molecular formula is C34H47N3O4. The molecule has 0 radical (unpaired) electrons. The van der Waals surface area contributed by atoms with E-state index in [0.717, 1.165) is 24.1 Å². The second kappa shape index (κ2) is 17.9. The third-order valence-corrected chi connectivity index (χ3v) is 7.56. The first-order valence-corrected chi connectivity index (χ1v) is 15.5. The van der Waals surface area contributed by atoms with Gasteiger partial charge in [-0.1, -0.05) is 115 Å². The van der Waals surface area contributed by atoms with Gasteiger partial charge in [-0.25, -0.2) is 9.48 Å². The number of benzene rings is 2. The zero-order valence-electron chi connectivity index (χ0n) is 24.6. The number of hydrogen-bond donors (Lipinski definition) is 3. The summed E-state index contributed by atoms with van der Waals surface area (Å²) in [6, 6.07) is 15.0. The van der Waals surface area contributed by atoms with Gasteiger partial charge in [-0.3, -0.25) is 14.7 Å². The molecule has 0 bridgehead atoms. The number of aromatic amines is 1. The highest BCUT2D eigenvalue weighted by Crippen LogP contribution is 2.20. The lowest BCUT2D eigenvalue weighted by Gasteiger charge is -2.07. The minimum Gasteiger partial charge on any atom is -0.478 e. The number of anilines is 1. The van der Waals surface area contributed by atoms with Crippen LogP contribution in [0, 0.1) is 0 Å². The molecule has 2 aromatic carbocycles. The molecule has 3 rings (SSSR count). The Morgan fingerprint density at radius 1 is 0.756 bits per heavy atom. The van der Waals surface area contributed by atoms with Crippen molar-refractivity contribution in [3.05, 3.63) is 70.5 Å². The number of aromatic carboxylic acids is 1. The molecule has 222 valence electrons. The van der Waals surface area contributed by atoms with Crippen LogP contribution >= 0.6 is 0 Å². The number of nitrogens with one attached hydrogen (secondary N) is 2. The van der Waals surface area contributed by atoms with Crippen LogP contribution in [0.2, 0.25) is 0 Å². The van der Waals surface area contributed by atoms with Crippen molar-refractivity contribution in [1.82, 2.24) is 9.78 Å². The predicted octanol–water partition coefficient (Wildman–Crippen LogP) is 8.73. The van der Waals surface area contributed by atoms with Crippen molar-refractivity contribution in [2.45, 2.75) is 110 Å². The maximum absolute atomic E-state index is 12.5. The summed E-state index contributed by atoms with van der Waals surface area (Å²) in [5.41, 5.74) is 2.37. The van der Waals surface area contributed by atoms with Gasteiger partial charge >= 0.3 is 5.97 Å². The third-order valence-electron chi connectivity index (χ3n) is 7.56. The van der Waals surface area contributed by atoms with Crippen molar-refractivity contribution >= 4 is 17.6 Å². The number of hydrogen-bond acceptors (Lipinski definition) is 3. The zero-order chi connectivity index (χ0) is 29.3. The van der Waals surface area contributed by atoms with E-state index in [-0.39, 0.29) is 17.0 Å². The van der Waals surface area contributed by atoms with Crippen molar-refractivity contribution in [3.63, 3.8) is 0 Å². The standard InChI is InChI=1S/C34H47N3O4/c1-2-3-4-5-6-7-8-9-10-11-12-13-14-15-16-20-32(38)35-29-23-21-27(22-24-29)31-26-33(39)37(36-31)30-19-17-18-28(25-30)34(40)41/h17-19,21-26,36H,2-16,20H2,1H3,(H,35,38)(H,40,41). The maximum Gasteiger partial charge on any atom is 0.335 e. The Labute approximate surface area is 244 Å². The highest BCUT2D eigenvalue weighted by atomic mass is 16.4. The fourth-order valence-corrected chi connectivity index (χ4v) is 5.13. The number of amides is 1. The van der Waals surface area contributed by atoms with E-state index in [2.05, 4.69) is 17.3 Å². The first-order valence-electron chi connectivity index (χ1n) is 15.5. The van der Waals surface area contributed by atoms with Gasteiger partial charge in [0.1, 0.15) is 0 Å². The Balaban J connectivity index is 1.29. The first kappa shape index (κ1) is 31.9. The summed E-state index contributed by atoms with van der Waals surface area (Å²) in [6.07, 6.45) is 20.1. The van der Waals surface area contributed by atoms with Crippen LogP contribution < -0.4 is 10.9 Å². The molecule has 1 amide bonds. The molecule has 0 saturated carbocycles. The quantitative estimate of drug-likeness (QED) is 0.120. The van der Waals surface area contributed by atoms with Crippen LogP contribution in [0.1, 0.15) is 120 Å². The molecule has 0 fully saturated rings. The summed E-state index contributed by atoms with van der Waals surface area (Å²) in [6.45, 7) is 2.27. The summed E-state index contributed by atoms with van der Waals surface area (Å²) < 4.78 is 1.31. The molecule has 3 N–H and O–H groups in total. The van der Waals surface area contributed by atoms with Gasteiger partial charge in [-0.05, 0) is 42.3 Å². The number of carbonyl (C=O) groups is 2. The van der Waals surface area contributed by atoms with Crippen molar-refractivity contribution in [3.8, 4) is 16.9 Å². The molecule has 7 heteroatoms. The minimum atomic E-state index is -1.05. The molecule has 1 heterocycles. The zero-order valence-corrected chi connectivity index (χ0v) is 24.6. The Kier molecular flexibility index (Phi) is 14.0. The van der Waals surface area contributed by atoms with E-state index in [1.807, 2.05) is 24.3 Å². The molecule has 3 aromatic rings. The van der Waals surface area contributed by atoms with Gasteiger partial charge in [-0.2, -0.15) is 0 Å². The van der Waals surface area contributed by atoms with Gasteiger partial charge in [-0.15, -0.1) is 0 Å². The van der Waals surface area contributed by atoms with Gasteiger partial charge in [0.2, 0.25) is 5.91 Å². The van der Waals surface area contributed by atoms with Gasteiger partial charge < -0.3 is 10.4 Å². The van der Waals surface area contributed by atoms with Crippen LogP contribution in [-0.2, 0) is 4.79 Å². The number of carboxylic acids is 1. The van der Waals surface area contributed by atoms with Gasteiger partial charge in [0.25, 0.3) is 5.56 Å². The largest absolute Gasteiger partial charge is 0.478 e. The Bertz CT molecular complexity index is 1260. The Hall–Kier alpha value is -3.61. The van der Waals surface area contributed by atoms with Crippen LogP contribution in [0.3, 0.4) is 0 Å². The number of carbonyl (C=O) groups excluding carboxylic acids is 1. The average Bonchev–Trinajstić information content (AvgIpc) is 3.37. The van der Waals surface area contributed by atoms with E-state index >= 15 is 0 Å². The summed E-state index contributed by atoms with van der Waals surface area (Å²) in [4.78, 5) is 36.2. The summed E-state index contributed by atoms with van der Waals surface area (Å²) in [5, 5.41) is 15.2. The molecule has 1 aromatic heterocycles. The minimum absolute atomic E-state index is 0.0188. The van der Waals surface area contributed by atoms with E-state index in [9.17, 15) is 19.5 Å². The summed E-state index contributed by atoms with van der Waals surface area (Å²) in [7, 11) is 0. The lowest BCUT2D eigenvalue weighted by molar-refractivity contribution is -0.116. The number of rotatable bonds is 20. The van der Waals surface area contributed by atoms with Gasteiger partial charge in [0.05, 0.1) is 16.9 Å². The SMILES string of the molecule is CCCCCCCCCCCCCCCCCC(=O)Nc1ccc(-c2cc(=O)n(-c3cccc(C(=O)O)c3)[nH]2)cc1. The topological polar surface area (TPSA) is 104 Å². The van der Waals surface area contributed by atoms with Crippen LogP contribution in [0.15, 0.2) is 59.4 Å². The van der Waals surface area contributed by atoms with Crippen LogP contribution in [0.25, 0.3) is 16.9 Å². The molecule has 0 aliphatic heterocycles. The lowest BCUT2D eigenvalue weighted by Crippen LogP contribution is -2.14. The molecule has 0 aliphatic rings. The second-order valence-electron chi connectivity index (χ2n) is 11.0. The van der Waals surface area contributed by atoms with Crippen LogP contribution in [-0.4, -0.2) is 26.8 Å². The molecule has 0 unspecified atom stereocenters. The molecule has 0 saturated heterocycles. The van der Waals surface area contributed by atoms with E-state index in [0.29, 0.717) is 17.8 Å². The van der Waals surface area contributed by atoms with E-state index < -0.39 is 5.97 Å². The first-order chi connectivity index (χ1) is 20.0. The van der Waals surface area contributed by atoms with E-state index in [1.54, 1.807) is 12.1 Å². The summed E-state index contributed by atoms with van der Waals surface area (Å²) in [5.74, 6) is -1.03. The van der Waals surface area contributed by atoms with Crippen molar-refractivity contribution in [2.24, 2.45) is 0 Å². The third kappa shape index (κ3) is 11.4. The highest BCUT2D eigenvalue weighted by Gasteiger charge is 2.10. The van der Waals surface area contributed by atoms with Gasteiger partial charge in [0, 0.05) is 18.2 Å².